The first kappa shape index (κ1) is 22.9. The third-order valence-corrected chi connectivity index (χ3v) is 5.29. The van der Waals surface area contributed by atoms with E-state index in [1.165, 1.54) is 12.1 Å². The minimum atomic E-state index is -4.51. The van der Waals surface area contributed by atoms with Crippen LogP contribution >= 0.6 is 23.2 Å². The molecule has 1 amide bonds. The molecule has 0 spiro atoms. The second kappa shape index (κ2) is 9.33. The van der Waals surface area contributed by atoms with Gasteiger partial charge >= 0.3 is 6.18 Å². The number of ether oxygens (including phenoxy) is 1. The fourth-order valence-corrected chi connectivity index (χ4v) is 3.73. The summed E-state index contributed by atoms with van der Waals surface area (Å²) in [7, 11) is 0. The SMILES string of the molecule is O=C(Cn1c(COc2ccc(Cl)cc2Cl)nc2ccccc21)Nc1cccc(C(F)(F)F)c1. The van der Waals surface area contributed by atoms with Gasteiger partial charge in [0.25, 0.3) is 0 Å². The Morgan fingerprint density at radius 2 is 1.82 bits per heavy atom. The molecular weight excluding hydrogens is 478 g/mol. The van der Waals surface area contributed by atoms with E-state index in [0.29, 0.717) is 32.7 Å². The Morgan fingerprint density at radius 3 is 2.58 bits per heavy atom. The molecule has 1 N–H and O–H groups in total. The van der Waals surface area contributed by atoms with Crippen LogP contribution in [0.25, 0.3) is 11.0 Å². The quantitative estimate of drug-likeness (QED) is 0.330. The monoisotopic (exact) mass is 493 g/mol. The average Bonchev–Trinajstić information content (AvgIpc) is 3.10. The number of nitrogens with one attached hydrogen (secondary N) is 1. The van der Waals surface area contributed by atoms with E-state index in [9.17, 15) is 18.0 Å². The highest BCUT2D eigenvalue weighted by Gasteiger charge is 2.30. The van der Waals surface area contributed by atoms with Crippen molar-refractivity contribution in [1.29, 1.82) is 0 Å². The number of fused-ring (bicyclic) bond motifs is 1. The molecule has 0 aliphatic rings. The molecule has 5 nitrogen and oxygen atoms in total. The maximum Gasteiger partial charge on any atom is 0.416 e. The highest BCUT2D eigenvalue weighted by Crippen LogP contribution is 2.31. The van der Waals surface area contributed by atoms with Crippen LogP contribution in [-0.4, -0.2) is 15.5 Å². The van der Waals surface area contributed by atoms with Crippen LogP contribution in [-0.2, 0) is 24.1 Å². The van der Waals surface area contributed by atoms with Crippen LogP contribution in [0.5, 0.6) is 5.75 Å². The van der Waals surface area contributed by atoms with E-state index in [-0.39, 0.29) is 18.8 Å². The van der Waals surface area contributed by atoms with Crippen LogP contribution in [0, 0.1) is 0 Å². The minimum absolute atomic E-state index is 0.00682. The second-order valence-corrected chi connectivity index (χ2v) is 7.94. The number of anilines is 1. The van der Waals surface area contributed by atoms with Crippen LogP contribution in [0.2, 0.25) is 10.0 Å². The number of amides is 1. The van der Waals surface area contributed by atoms with Crippen molar-refractivity contribution >= 4 is 45.8 Å². The van der Waals surface area contributed by atoms with Crippen molar-refractivity contribution in [2.75, 3.05) is 5.32 Å². The lowest BCUT2D eigenvalue weighted by atomic mass is 10.2. The molecule has 0 saturated carbocycles. The fourth-order valence-electron chi connectivity index (χ4n) is 3.26. The minimum Gasteiger partial charge on any atom is -0.484 e. The molecule has 4 aromatic rings. The summed E-state index contributed by atoms with van der Waals surface area (Å²) in [6.07, 6.45) is -4.51. The number of aromatic nitrogens is 2. The van der Waals surface area contributed by atoms with Gasteiger partial charge in [-0.3, -0.25) is 4.79 Å². The molecule has 1 aromatic heterocycles. The molecule has 0 radical (unpaired) electrons. The van der Waals surface area contributed by atoms with Gasteiger partial charge in [-0.2, -0.15) is 13.2 Å². The van der Waals surface area contributed by atoms with Gasteiger partial charge in [-0.25, -0.2) is 4.98 Å². The van der Waals surface area contributed by atoms with E-state index in [1.807, 2.05) is 6.07 Å². The van der Waals surface area contributed by atoms with Gasteiger partial charge in [0.15, 0.2) is 0 Å². The normalized spacial score (nSPS) is 11.5. The summed E-state index contributed by atoms with van der Waals surface area (Å²) < 4.78 is 46.3. The van der Waals surface area contributed by atoms with Crippen LogP contribution in [0.1, 0.15) is 11.4 Å². The summed E-state index contributed by atoms with van der Waals surface area (Å²) >= 11 is 12.1. The summed E-state index contributed by atoms with van der Waals surface area (Å²) in [6.45, 7) is -0.170. The first-order chi connectivity index (χ1) is 15.7. The van der Waals surface area contributed by atoms with Crippen molar-refractivity contribution in [3.05, 3.63) is 88.2 Å². The van der Waals surface area contributed by atoms with Crippen LogP contribution in [0.3, 0.4) is 0 Å². The lowest BCUT2D eigenvalue weighted by molar-refractivity contribution is -0.137. The number of nitrogens with zero attached hydrogens (tertiary/aromatic N) is 2. The standard InChI is InChI=1S/C23H16Cl2F3N3O2/c24-15-8-9-20(17(25)11-15)33-13-21-30-18-6-1-2-7-19(18)31(21)12-22(32)29-16-5-3-4-14(10-16)23(26,27)28/h1-11H,12-13H2,(H,29,32). The van der Waals surface area contributed by atoms with Crippen LogP contribution in [0.4, 0.5) is 18.9 Å². The summed E-state index contributed by atoms with van der Waals surface area (Å²) in [5, 5.41) is 3.30. The van der Waals surface area contributed by atoms with E-state index < -0.39 is 17.6 Å². The van der Waals surface area contributed by atoms with Gasteiger partial charge in [-0.05, 0) is 48.5 Å². The summed E-state index contributed by atoms with van der Waals surface area (Å²) in [4.78, 5) is 17.2. The largest absolute Gasteiger partial charge is 0.484 e. The first-order valence-corrected chi connectivity index (χ1v) is 10.5. The Morgan fingerprint density at radius 1 is 1.03 bits per heavy atom. The molecule has 0 fully saturated rings. The van der Waals surface area contributed by atoms with Crippen molar-refractivity contribution in [2.45, 2.75) is 19.3 Å². The van der Waals surface area contributed by atoms with Crippen LogP contribution in [0.15, 0.2) is 66.7 Å². The molecule has 0 aliphatic heterocycles. The molecule has 0 aliphatic carbocycles. The zero-order chi connectivity index (χ0) is 23.6. The molecule has 10 heteroatoms. The second-order valence-electron chi connectivity index (χ2n) is 7.09. The van der Waals surface area contributed by atoms with Gasteiger partial charge in [-0.15, -0.1) is 0 Å². The molecule has 0 bridgehead atoms. The number of carbonyl (C=O) groups excluding carboxylic acids is 1. The third-order valence-electron chi connectivity index (χ3n) is 4.76. The highest BCUT2D eigenvalue weighted by atomic mass is 35.5. The van der Waals surface area contributed by atoms with Crippen molar-refractivity contribution in [3.63, 3.8) is 0 Å². The van der Waals surface area contributed by atoms with Gasteiger partial charge < -0.3 is 14.6 Å². The Hall–Kier alpha value is -3.23. The Labute approximate surface area is 196 Å². The van der Waals surface area contributed by atoms with E-state index in [2.05, 4.69) is 10.3 Å². The lowest BCUT2D eigenvalue weighted by Gasteiger charge is -2.13. The first-order valence-electron chi connectivity index (χ1n) is 9.70. The molecule has 3 aromatic carbocycles. The number of carbonyl (C=O) groups is 1. The third kappa shape index (κ3) is 5.40. The maximum absolute atomic E-state index is 13.0. The molecule has 33 heavy (non-hydrogen) atoms. The summed E-state index contributed by atoms with van der Waals surface area (Å²) in [5.41, 5.74) is 0.523. The smallest absolute Gasteiger partial charge is 0.416 e. The summed E-state index contributed by atoms with van der Waals surface area (Å²) in [6, 6.07) is 16.4. The predicted octanol–water partition coefficient (Wildman–Crippen LogP) is 6.58. The Bertz CT molecular complexity index is 1320. The van der Waals surface area contributed by atoms with Crippen molar-refractivity contribution < 1.29 is 22.7 Å². The van der Waals surface area contributed by atoms with E-state index in [1.54, 1.807) is 41.0 Å². The van der Waals surface area contributed by atoms with Crippen molar-refractivity contribution in [1.82, 2.24) is 9.55 Å². The molecule has 0 unspecified atom stereocenters. The number of alkyl halides is 3. The lowest BCUT2D eigenvalue weighted by Crippen LogP contribution is -2.21. The average molecular weight is 494 g/mol. The fraction of sp³-hybridized carbons (Fsp3) is 0.130. The van der Waals surface area contributed by atoms with E-state index >= 15 is 0 Å². The van der Waals surface area contributed by atoms with Gasteiger partial charge in [0, 0.05) is 10.7 Å². The Kier molecular flexibility index (Phi) is 6.49. The van der Waals surface area contributed by atoms with Gasteiger partial charge in [0.2, 0.25) is 5.91 Å². The zero-order valence-electron chi connectivity index (χ0n) is 16.9. The predicted molar refractivity (Wildman–Crippen MR) is 121 cm³/mol. The van der Waals surface area contributed by atoms with E-state index in [4.69, 9.17) is 27.9 Å². The number of para-hydroxylation sites is 2. The molecule has 1 heterocycles. The van der Waals surface area contributed by atoms with Crippen molar-refractivity contribution in [3.8, 4) is 5.75 Å². The molecule has 0 atom stereocenters. The number of hydrogen-bond donors (Lipinski definition) is 1. The maximum atomic E-state index is 13.0. The van der Waals surface area contributed by atoms with Gasteiger partial charge in [0.05, 0.1) is 21.6 Å². The topological polar surface area (TPSA) is 56.2 Å². The molecule has 4 rings (SSSR count). The molecule has 170 valence electrons. The number of imidazole rings is 1. The van der Waals surface area contributed by atoms with Gasteiger partial charge in [-0.1, -0.05) is 41.4 Å². The Balaban J connectivity index is 1.56. The summed E-state index contributed by atoms with van der Waals surface area (Å²) in [5.74, 6) is 0.331. The molecule has 0 saturated heterocycles. The number of rotatable bonds is 6. The van der Waals surface area contributed by atoms with E-state index in [0.717, 1.165) is 12.1 Å². The number of hydrogen-bond acceptors (Lipinski definition) is 3. The van der Waals surface area contributed by atoms with Crippen molar-refractivity contribution in [2.24, 2.45) is 0 Å². The van der Waals surface area contributed by atoms with Crippen LogP contribution < -0.4 is 10.1 Å². The zero-order valence-corrected chi connectivity index (χ0v) is 18.4. The highest BCUT2D eigenvalue weighted by molar-refractivity contribution is 6.35. The van der Waals surface area contributed by atoms with Gasteiger partial charge in [0.1, 0.15) is 24.7 Å². The molecular formula is C23H16Cl2F3N3O2. The number of halogens is 5. The number of benzene rings is 3.